The summed E-state index contributed by atoms with van der Waals surface area (Å²) < 4.78 is 10.7. The van der Waals surface area contributed by atoms with Gasteiger partial charge in [-0.25, -0.2) is 0 Å². The van der Waals surface area contributed by atoms with Crippen LogP contribution >= 0.6 is 0 Å². The van der Waals surface area contributed by atoms with Crippen molar-refractivity contribution in [2.75, 3.05) is 26.9 Å². The second-order valence-corrected chi connectivity index (χ2v) is 6.19. The van der Waals surface area contributed by atoms with Crippen LogP contribution in [0.15, 0.2) is 24.3 Å². The molecule has 1 aromatic carbocycles. The quantitative estimate of drug-likeness (QED) is 0.870. The summed E-state index contributed by atoms with van der Waals surface area (Å²) in [5.41, 5.74) is 0.992. The van der Waals surface area contributed by atoms with Gasteiger partial charge in [-0.3, -0.25) is 4.79 Å². The SMILES string of the molecule is COc1cccc([C@H]2C[C@H](O)CN2C(=O)COCC2CC2)c1. The number of carbonyl (C=O) groups excluding carboxylic acids is 1. The molecule has 1 amide bonds. The van der Waals surface area contributed by atoms with Crippen LogP contribution in [0.25, 0.3) is 0 Å². The van der Waals surface area contributed by atoms with Crippen molar-refractivity contribution in [3.63, 3.8) is 0 Å². The molecular formula is C17H23NO4. The molecule has 0 unspecified atom stereocenters. The van der Waals surface area contributed by atoms with E-state index < -0.39 is 6.10 Å². The maximum atomic E-state index is 12.4. The van der Waals surface area contributed by atoms with Gasteiger partial charge in [0, 0.05) is 6.54 Å². The van der Waals surface area contributed by atoms with Crippen LogP contribution in [0.4, 0.5) is 0 Å². The van der Waals surface area contributed by atoms with E-state index in [0.29, 0.717) is 25.5 Å². The average molecular weight is 305 g/mol. The predicted molar refractivity (Wildman–Crippen MR) is 81.6 cm³/mol. The zero-order chi connectivity index (χ0) is 15.5. The fourth-order valence-corrected chi connectivity index (χ4v) is 2.93. The van der Waals surface area contributed by atoms with Crippen molar-refractivity contribution in [3.05, 3.63) is 29.8 Å². The molecule has 2 aliphatic rings. The third-order valence-electron chi connectivity index (χ3n) is 4.35. The van der Waals surface area contributed by atoms with Gasteiger partial charge in [0.1, 0.15) is 12.4 Å². The zero-order valence-electron chi connectivity index (χ0n) is 12.9. The normalized spacial score (nSPS) is 24.5. The van der Waals surface area contributed by atoms with Crippen molar-refractivity contribution in [1.82, 2.24) is 4.90 Å². The van der Waals surface area contributed by atoms with Crippen LogP contribution < -0.4 is 4.74 Å². The Kier molecular flexibility index (Phi) is 4.64. The molecule has 5 nitrogen and oxygen atoms in total. The predicted octanol–water partition coefficient (Wildman–Crippen LogP) is 1.76. The first-order valence-electron chi connectivity index (χ1n) is 7.86. The maximum absolute atomic E-state index is 12.4. The fourth-order valence-electron chi connectivity index (χ4n) is 2.93. The Morgan fingerprint density at radius 3 is 2.95 bits per heavy atom. The van der Waals surface area contributed by atoms with E-state index >= 15 is 0 Å². The van der Waals surface area contributed by atoms with Gasteiger partial charge in [0.25, 0.3) is 0 Å². The molecule has 1 heterocycles. The monoisotopic (exact) mass is 305 g/mol. The second-order valence-electron chi connectivity index (χ2n) is 6.19. The molecule has 1 N–H and O–H groups in total. The molecular weight excluding hydrogens is 282 g/mol. The average Bonchev–Trinajstić information content (AvgIpc) is 3.27. The number of ether oxygens (including phenoxy) is 2. The second kappa shape index (κ2) is 6.67. The molecule has 5 heteroatoms. The molecule has 0 radical (unpaired) electrons. The molecule has 0 aromatic heterocycles. The van der Waals surface area contributed by atoms with Crippen LogP contribution in [0.3, 0.4) is 0 Å². The molecule has 0 spiro atoms. The first-order valence-corrected chi connectivity index (χ1v) is 7.86. The Labute approximate surface area is 130 Å². The number of aliphatic hydroxyl groups excluding tert-OH is 1. The maximum Gasteiger partial charge on any atom is 0.249 e. The third kappa shape index (κ3) is 3.59. The van der Waals surface area contributed by atoms with E-state index in [4.69, 9.17) is 9.47 Å². The molecule has 1 aliphatic heterocycles. The first kappa shape index (κ1) is 15.3. The summed E-state index contributed by atoms with van der Waals surface area (Å²) in [6, 6.07) is 7.57. The first-order chi connectivity index (χ1) is 10.7. The van der Waals surface area contributed by atoms with Crippen molar-refractivity contribution in [2.45, 2.75) is 31.4 Å². The van der Waals surface area contributed by atoms with Crippen LogP contribution in [-0.4, -0.2) is 48.9 Å². The van der Waals surface area contributed by atoms with E-state index in [1.165, 1.54) is 12.8 Å². The number of rotatable bonds is 6. The summed E-state index contributed by atoms with van der Waals surface area (Å²) in [6.07, 6.45) is 2.50. The number of nitrogens with zero attached hydrogens (tertiary/aromatic N) is 1. The number of aliphatic hydroxyl groups is 1. The lowest BCUT2D eigenvalue weighted by atomic mass is 10.0. The molecule has 120 valence electrons. The lowest BCUT2D eigenvalue weighted by Gasteiger charge is -2.25. The van der Waals surface area contributed by atoms with Gasteiger partial charge >= 0.3 is 0 Å². The Balaban J connectivity index is 1.66. The number of amides is 1. The third-order valence-corrected chi connectivity index (χ3v) is 4.35. The van der Waals surface area contributed by atoms with Gasteiger partial charge in [0.05, 0.1) is 25.9 Å². The molecule has 1 saturated heterocycles. The number of likely N-dealkylation sites (tertiary alicyclic amines) is 1. The fraction of sp³-hybridized carbons (Fsp3) is 0.588. The number of hydrogen-bond acceptors (Lipinski definition) is 4. The van der Waals surface area contributed by atoms with E-state index in [9.17, 15) is 9.90 Å². The molecule has 2 fully saturated rings. The zero-order valence-corrected chi connectivity index (χ0v) is 12.9. The van der Waals surface area contributed by atoms with Gasteiger partial charge < -0.3 is 19.5 Å². The minimum absolute atomic E-state index is 0.0509. The summed E-state index contributed by atoms with van der Waals surface area (Å²) in [5.74, 6) is 1.35. The highest BCUT2D eigenvalue weighted by molar-refractivity contribution is 5.78. The Morgan fingerprint density at radius 1 is 1.41 bits per heavy atom. The van der Waals surface area contributed by atoms with Gasteiger partial charge in [-0.2, -0.15) is 0 Å². The van der Waals surface area contributed by atoms with E-state index in [2.05, 4.69) is 0 Å². The summed E-state index contributed by atoms with van der Waals surface area (Å²) in [4.78, 5) is 14.1. The van der Waals surface area contributed by atoms with E-state index in [1.54, 1.807) is 12.0 Å². The van der Waals surface area contributed by atoms with Gasteiger partial charge in [0.2, 0.25) is 5.91 Å². The Bertz CT molecular complexity index is 529. The molecule has 1 aromatic rings. The summed E-state index contributed by atoms with van der Waals surface area (Å²) >= 11 is 0. The van der Waals surface area contributed by atoms with Crippen LogP contribution in [-0.2, 0) is 9.53 Å². The molecule has 1 saturated carbocycles. The summed E-state index contributed by atoms with van der Waals surface area (Å²) in [6.45, 7) is 1.14. The van der Waals surface area contributed by atoms with Crippen molar-refractivity contribution < 1.29 is 19.4 Å². The standard InChI is InChI=1S/C17H23NO4/c1-21-15-4-2-3-13(7-15)16-8-14(19)9-18(16)17(20)11-22-10-12-5-6-12/h2-4,7,12,14,16,19H,5-6,8-11H2,1H3/t14-,16+/m0/s1. The van der Waals surface area contributed by atoms with Crippen LogP contribution in [0.2, 0.25) is 0 Å². The van der Waals surface area contributed by atoms with Gasteiger partial charge in [-0.1, -0.05) is 12.1 Å². The lowest BCUT2D eigenvalue weighted by molar-refractivity contribution is -0.137. The van der Waals surface area contributed by atoms with Crippen LogP contribution in [0.5, 0.6) is 5.75 Å². The van der Waals surface area contributed by atoms with E-state index in [-0.39, 0.29) is 18.6 Å². The Morgan fingerprint density at radius 2 is 2.23 bits per heavy atom. The highest BCUT2D eigenvalue weighted by Crippen LogP contribution is 2.34. The number of carbonyl (C=O) groups is 1. The number of methoxy groups -OCH3 is 1. The van der Waals surface area contributed by atoms with Crippen molar-refractivity contribution in [1.29, 1.82) is 0 Å². The minimum Gasteiger partial charge on any atom is -0.497 e. The topological polar surface area (TPSA) is 59.0 Å². The molecule has 22 heavy (non-hydrogen) atoms. The molecule has 0 bridgehead atoms. The molecule has 2 atom stereocenters. The highest BCUT2D eigenvalue weighted by Gasteiger charge is 2.35. The minimum atomic E-state index is -0.483. The smallest absolute Gasteiger partial charge is 0.249 e. The van der Waals surface area contributed by atoms with Crippen molar-refractivity contribution >= 4 is 5.91 Å². The molecule has 3 rings (SSSR count). The van der Waals surface area contributed by atoms with Crippen LogP contribution in [0, 0.1) is 5.92 Å². The lowest BCUT2D eigenvalue weighted by Crippen LogP contribution is -2.34. The number of hydrogen-bond donors (Lipinski definition) is 1. The summed E-state index contributed by atoms with van der Waals surface area (Å²) in [7, 11) is 1.62. The van der Waals surface area contributed by atoms with Crippen LogP contribution in [0.1, 0.15) is 30.9 Å². The van der Waals surface area contributed by atoms with Gasteiger partial charge in [-0.05, 0) is 42.9 Å². The van der Waals surface area contributed by atoms with Crippen molar-refractivity contribution in [3.8, 4) is 5.75 Å². The summed E-state index contributed by atoms with van der Waals surface area (Å²) in [5, 5.41) is 9.96. The number of benzene rings is 1. The number of β-amino-alcohol motifs (C(OH)–C–C–N with tert-alkyl or cyclic N) is 1. The van der Waals surface area contributed by atoms with Crippen molar-refractivity contribution in [2.24, 2.45) is 5.92 Å². The van der Waals surface area contributed by atoms with E-state index in [1.807, 2.05) is 24.3 Å². The van der Waals surface area contributed by atoms with Gasteiger partial charge in [-0.15, -0.1) is 0 Å². The van der Waals surface area contributed by atoms with E-state index in [0.717, 1.165) is 11.3 Å². The molecule has 1 aliphatic carbocycles. The largest absolute Gasteiger partial charge is 0.497 e. The highest BCUT2D eigenvalue weighted by atomic mass is 16.5. The Hall–Kier alpha value is -1.59. The van der Waals surface area contributed by atoms with Gasteiger partial charge in [0.15, 0.2) is 0 Å².